The molecule has 162 valence electrons. The molecule has 0 aromatic heterocycles. The van der Waals surface area contributed by atoms with Gasteiger partial charge in [0.25, 0.3) is 0 Å². The van der Waals surface area contributed by atoms with E-state index in [9.17, 15) is 15.0 Å². The minimum Gasteiger partial charge on any atom is -0.508 e. The molecule has 5 rings (SSSR count). The fraction of sp³-hybridized carbons (Fsp3) is 0.440. The van der Waals surface area contributed by atoms with Gasteiger partial charge in [-0.05, 0) is 67.5 Å². The number of phenols is 1. The van der Waals surface area contributed by atoms with Crippen LogP contribution in [-0.2, 0) is 4.79 Å². The lowest BCUT2D eigenvalue weighted by molar-refractivity contribution is -0.137. The third kappa shape index (κ3) is 4.30. The predicted molar refractivity (Wildman–Crippen MR) is 121 cm³/mol. The zero-order chi connectivity index (χ0) is 21.4. The molecule has 6 heteroatoms. The van der Waals surface area contributed by atoms with Crippen molar-refractivity contribution < 1.29 is 15.0 Å². The summed E-state index contributed by atoms with van der Waals surface area (Å²) in [5.74, 6) is 0.758. The van der Waals surface area contributed by atoms with Crippen LogP contribution in [-0.4, -0.2) is 52.0 Å². The topological polar surface area (TPSA) is 76.4 Å². The van der Waals surface area contributed by atoms with Crippen LogP contribution in [0.2, 0.25) is 0 Å². The van der Waals surface area contributed by atoms with Crippen molar-refractivity contribution >= 4 is 17.8 Å². The highest BCUT2D eigenvalue weighted by Crippen LogP contribution is 2.37. The first-order valence-corrected chi connectivity index (χ1v) is 11.2. The smallest absolute Gasteiger partial charge is 0.225 e. The van der Waals surface area contributed by atoms with Gasteiger partial charge >= 0.3 is 0 Å². The lowest BCUT2D eigenvalue weighted by Gasteiger charge is -2.40. The number of piperidine rings is 1. The molecule has 0 bridgehead atoms. The summed E-state index contributed by atoms with van der Waals surface area (Å²) in [7, 11) is 0. The Kier molecular flexibility index (Phi) is 5.18. The Morgan fingerprint density at radius 1 is 1.06 bits per heavy atom. The highest BCUT2D eigenvalue weighted by Gasteiger charge is 2.41. The summed E-state index contributed by atoms with van der Waals surface area (Å²) in [5, 5.41) is 27.7. The van der Waals surface area contributed by atoms with Gasteiger partial charge in [-0.25, -0.2) is 0 Å². The van der Waals surface area contributed by atoms with Crippen molar-refractivity contribution in [2.24, 2.45) is 11.0 Å². The van der Waals surface area contributed by atoms with Gasteiger partial charge in [0, 0.05) is 31.6 Å². The van der Waals surface area contributed by atoms with E-state index in [-0.39, 0.29) is 23.6 Å². The van der Waals surface area contributed by atoms with Crippen LogP contribution in [0, 0.1) is 5.92 Å². The van der Waals surface area contributed by atoms with E-state index >= 15 is 0 Å². The molecule has 1 saturated heterocycles. The Bertz CT molecular complexity index is 993. The highest BCUT2D eigenvalue weighted by molar-refractivity contribution is 5.81. The summed E-state index contributed by atoms with van der Waals surface area (Å²) >= 11 is 0. The van der Waals surface area contributed by atoms with Crippen molar-refractivity contribution in [3.63, 3.8) is 0 Å². The van der Waals surface area contributed by atoms with Crippen molar-refractivity contribution in [2.75, 3.05) is 18.1 Å². The van der Waals surface area contributed by atoms with Crippen LogP contribution in [0.25, 0.3) is 11.1 Å². The maximum atomic E-state index is 12.3. The van der Waals surface area contributed by atoms with Crippen LogP contribution in [0.15, 0.2) is 53.6 Å². The van der Waals surface area contributed by atoms with Crippen LogP contribution in [0.3, 0.4) is 0 Å². The maximum absolute atomic E-state index is 12.3. The van der Waals surface area contributed by atoms with Gasteiger partial charge in [0.1, 0.15) is 5.75 Å². The number of anilines is 1. The molecule has 2 fully saturated rings. The number of likely N-dealkylation sites (tertiary alicyclic amines) is 1. The van der Waals surface area contributed by atoms with Gasteiger partial charge in [-0.15, -0.1) is 0 Å². The van der Waals surface area contributed by atoms with E-state index in [2.05, 4.69) is 11.2 Å². The third-order valence-corrected chi connectivity index (χ3v) is 6.77. The van der Waals surface area contributed by atoms with Crippen molar-refractivity contribution in [1.82, 2.24) is 4.90 Å². The molecule has 2 aromatic carbocycles. The summed E-state index contributed by atoms with van der Waals surface area (Å²) in [6.45, 7) is 1.29. The predicted octanol–water partition coefficient (Wildman–Crippen LogP) is 3.78. The van der Waals surface area contributed by atoms with Gasteiger partial charge in [-0.3, -0.25) is 9.80 Å². The third-order valence-electron chi connectivity index (χ3n) is 6.77. The van der Waals surface area contributed by atoms with Crippen molar-refractivity contribution in [3.05, 3.63) is 48.5 Å². The SMILES string of the molecule is O=C(C1CC1)N1CCC(O)(CC2CC=NN2c2cccc(-c3cccc(O)c3)c2)CC1. The van der Waals surface area contributed by atoms with Crippen LogP contribution in [0.4, 0.5) is 5.69 Å². The second-order valence-corrected chi connectivity index (χ2v) is 9.16. The molecule has 0 spiro atoms. The number of amides is 1. The molecule has 1 unspecified atom stereocenters. The van der Waals surface area contributed by atoms with Crippen LogP contribution in [0.1, 0.15) is 38.5 Å². The molecule has 1 aliphatic carbocycles. The Morgan fingerprint density at radius 3 is 2.48 bits per heavy atom. The number of hydrogen-bond donors (Lipinski definition) is 2. The molecule has 2 aromatic rings. The summed E-state index contributed by atoms with van der Waals surface area (Å²) in [6.07, 6.45) is 6.64. The first-order valence-electron chi connectivity index (χ1n) is 11.2. The molecule has 1 amide bonds. The number of carbonyl (C=O) groups excluding carboxylic acids is 1. The average molecular weight is 420 g/mol. The molecule has 2 heterocycles. The fourth-order valence-corrected chi connectivity index (χ4v) is 4.79. The van der Waals surface area contributed by atoms with Crippen LogP contribution in [0.5, 0.6) is 5.75 Å². The fourth-order valence-electron chi connectivity index (χ4n) is 4.79. The number of phenolic OH excluding ortho intramolecular Hbond substituents is 1. The molecule has 1 atom stereocenters. The van der Waals surface area contributed by atoms with E-state index < -0.39 is 5.60 Å². The summed E-state index contributed by atoms with van der Waals surface area (Å²) in [5.41, 5.74) is 2.18. The van der Waals surface area contributed by atoms with Gasteiger partial charge in [0.2, 0.25) is 5.91 Å². The number of hydrogen-bond acceptors (Lipinski definition) is 5. The lowest BCUT2D eigenvalue weighted by atomic mass is 9.84. The van der Waals surface area contributed by atoms with Crippen molar-refractivity contribution in [2.45, 2.75) is 50.2 Å². The number of nitrogens with zero attached hydrogens (tertiary/aromatic N) is 3. The first-order chi connectivity index (χ1) is 15.0. The molecular weight excluding hydrogens is 390 g/mol. The number of benzene rings is 2. The van der Waals surface area contributed by atoms with E-state index in [0.29, 0.717) is 32.4 Å². The average Bonchev–Trinajstić information content (AvgIpc) is 3.53. The maximum Gasteiger partial charge on any atom is 0.225 e. The highest BCUT2D eigenvalue weighted by atomic mass is 16.3. The van der Waals surface area contributed by atoms with Crippen LogP contribution >= 0.6 is 0 Å². The van der Waals surface area contributed by atoms with Crippen LogP contribution < -0.4 is 5.01 Å². The summed E-state index contributed by atoms with van der Waals surface area (Å²) < 4.78 is 0. The van der Waals surface area contributed by atoms with E-state index in [1.165, 1.54) is 0 Å². The van der Waals surface area contributed by atoms with Gasteiger partial charge in [-0.1, -0.05) is 24.3 Å². The Hall–Kier alpha value is -2.86. The molecule has 1 saturated carbocycles. The van der Waals surface area contributed by atoms with E-state index in [0.717, 1.165) is 36.1 Å². The number of aromatic hydroxyl groups is 1. The van der Waals surface area contributed by atoms with E-state index in [1.54, 1.807) is 12.1 Å². The largest absolute Gasteiger partial charge is 0.508 e. The Labute approximate surface area is 182 Å². The second kappa shape index (κ2) is 8.00. The molecule has 2 aliphatic heterocycles. The molecule has 3 aliphatic rings. The normalized spacial score (nSPS) is 22.7. The lowest BCUT2D eigenvalue weighted by Crippen LogP contribution is -2.49. The summed E-state index contributed by atoms with van der Waals surface area (Å²) in [6, 6.07) is 15.4. The monoisotopic (exact) mass is 419 g/mol. The van der Waals surface area contributed by atoms with Gasteiger partial charge in [0.05, 0.1) is 17.3 Å². The quantitative estimate of drug-likeness (QED) is 0.773. The van der Waals surface area contributed by atoms with E-state index in [1.807, 2.05) is 46.5 Å². The van der Waals surface area contributed by atoms with Gasteiger partial charge in [-0.2, -0.15) is 5.10 Å². The zero-order valence-electron chi connectivity index (χ0n) is 17.7. The van der Waals surface area contributed by atoms with Crippen molar-refractivity contribution in [3.8, 4) is 16.9 Å². The molecule has 0 radical (unpaired) electrons. The Balaban J connectivity index is 1.27. The van der Waals surface area contributed by atoms with Crippen molar-refractivity contribution in [1.29, 1.82) is 0 Å². The minimum absolute atomic E-state index is 0.0927. The molecule has 6 nitrogen and oxygen atoms in total. The van der Waals surface area contributed by atoms with E-state index in [4.69, 9.17) is 0 Å². The number of hydrazone groups is 1. The number of carbonyl (C=O) groups is 1. The van der Waals surface area contributed by atoms with Gasteiger partial charge in [0.15, 0.2) is 0 Å². The summed E-state index contributed by atoms with van der Waals surface area (Å²) in [4.78, 5) is 14.3. The Morgan fingerprint density at radius 2 is 1.77 bits per heavy atom. The molecule has 31 heavy (non-hydrogen) atoms. The molecule has 2 N–H and O–H groups in total. The number of rotatable bonds is 5. The standard InChI is InChI=1S/C25H29N3O3/c29-23-6-2-4-20(16-23)19-3-1-5-21(15-19)28-22(9-12-26-28)17-25(31)10-13-27(14-11-25)24(30)18-7-8-18/h1-6,12,15-16,18,22,29,31H,7-11,13-14,17H2. The zero-order valence-corrected chi connectivity index (χ0v) is 17.7. The van der Waals surface area contributed by atoms with Gasteiger partial charge < -0.3 is 15.1 Å². The second-order valence-electron chi connectivity index (χ2n) is 9.16. The minimum atomic E-state index is -0.764. The first kappa shape index (κ1) is 20.1. The number of aliphatic hydroxyl groups is 1. The molecular formula is C25H29N3O3.